The highest BCUT2D eigenvalue weighted by molar-refractivity contribution is 4.84. The van der Waals surface area contributed by atoms with Crippen molar-refractivity contribution in [3.05, 3.63) is 0 Å². The zero-order valence-electron chi connectivity index (χ0n) is 10.6. The van der Waals surface area contributed by atoms with Crippen LogP contribution in [0, 0.1) is 5.92 Å². The standard InChI is InChI=1S/C14H26O2/c1-12-4-2-8-14(15,9-6-12)10-7-13-5-3-11-16-13/h12-13,15H,2-11H2,1H3. The van der Waals surface area contributed by atoms with Crippen molar-refractivity contribution in [1.29, 1.82) is 0 Å². The Labute approximate surface area is 99.4 Å². The maximum atomic E-state index is 10.6. The summed E-state index contributed by atoms with van der Waals surface area (Å²) in [4.78, 5) is 0. The zero-order chi connectivity index (χ0) is 11.4. The van der Waals surface area contributed by atoms with Crippen molar-refractivity contribution < 1.29 is 9.84 Å². The normalized spacial score (nSPS) is 40.9. The van der Waals surface area contributed by atoms with Crippen LogP contribution in [-0.4, -0.2) is 23.4 Å². The molecule has 2 rings (SSSR count). The molecule has 0 aromatic heterocycles. The van der Waals surface area contributed by atoms with Crippen LogP contribution in [0.15, 0.2) is 0 Å². The molecule has 0 radical (unpaired) electrons. The largest absolute Gasteiger partial charge is 0.390 e. The van der Waals surface area contributed by atoms with Gasteiger partial charge in [0.2, 0.25) is 0 Å². The van der Waals surface area contributed by atoms with Gasteiger partial charge in [-0.25, -0.2) is 0 Å². The first-order chi connectivity index (χ1) is 7.68. The van der Waals surface area contributed by atoms with Crippen molar-refractivity contribution in [2.45, 2.75) is 76.4 Å². The molecular formula is C14H26O2. The van der Waals surface area contributed by atoms with Crippen LogP contribution < -0.4 is 0 Å². The minimum atomic E-state index is -0.378. The summed E-state index contributed by atoms with van der Waals surface area (Å²) in [5.74, 6) is 0.803. The lowest BCUT2D eigenvalue weighted by atomic mass is 9.88. The van der Waals surface area contributed by atoms with Crippen LogP contribution in [0.25, 0.3) is 0 Å². The monoisotopic (exact) mass is 226 g/mol. The van der Waals surface area contributed by atoms with Crippen LogP contribution in [0.3, 0.4) is 0 Å². The summed E-state index contributed by atoms with van der Waals surface area (Å²) < 4.78 is 5.63. The van der Waals surface area contributed by atoms with Gasteiger partial charge in [-0.1, -0.05) is 19.8 Å². The molecule has 0 aromatic carbocycles. The van der Waals surface area contributed by atoms with E-state index >= 15 is 0 Å². The van der Waals surface area contributed by atoms with E-state index in [9.17, 15) is 5.11 Å². The molecular weight excluding hydrogens is 200 g/mol. The van der Waals surface area contributed by atoms with E-state index < -0.39 is 0 Å². The number of ether oxygens (including phenoxy) is 1. The van der Waals surface area contributed by atoms with Crippen molar-refractivity contribution in [2.24, 2.45) is 5.92 Å². The van der Waals surface area contributed by atoms with E-state index in [0.29, 0.717) is 6.10 Å². The molecule has 0 spiro atoms. The maximum Gasteiger partial charge on any atom is 0.0648 e. The summed E-state index contributed by atoms with van der Waals surface area (Å²) in [6.07, 6.45) is 10.5. The average Bonchev–Trinajstić information content (AvgIpc) is 2.71. The second kappa shape index (κ2) is 5.50. The van der Waals surface area contributed by atoms with Crippen LogP contribution in [-0.2, 0) is 4.74 Å². The summed E-state index contributed by atoms with van der Waals surface area (Å²) in [5, 5.41) is 10.6. The lowest BCUT2D eigenvalue weighted by Crippen LogP contribution is -2.29. The number of aliphatic hydroxyl groups is 1. The first-order valence-corrected chi connectivity index (χ1v) is 7.02. The summed E-state index contributed by atoms with van der Waals surface area (Å²) >= 11 is 0. The molecule has 0 aromatic rings. The molecule has 2 fully saturated rings. The molecule has 0 bridgehead atoms. The molecule has 1 aliphatic heterocycles. The van der Waals surface area contributed by atoms with Gasteiger partial charge < -0.3 is 9.84 Å². The minimum absolute atomic E-state index is 0.378. The number of hydrogen-bond acceptors (Lipinski definition) is 2. The Morgan fingerprint density at radius 1 is 1.19 bits per heavy atom. The van der Waals surface area contributed by atoms with Gasteiger partial charge in [0, 0.05) is 6.61 Å². The molecule has 0 amide bonds. The van der Waals surface area contributed by atoms with E-state index in [1.54, 1.807) is 0 Å². The van der Waals surface area contributed by atoms with Gasteiger partial charge in [-0.3, -0.25) is 0 Å². The predicted octanol–water partition coefficient (Wildman–Crippen LogP) is 3.28. The minimum Gasteiger partial charge on any atom is -0.390 e. The number of hydrogen-bond donors (Lipinski definition) is 1. The Morgan fingerprint density at radius 3 is 2.81 bits per heavy atom. The van der Waals surface area contributed by atoms with E-state index in [2.05, 4.69) is 6.92 Å². The van der Waals surface area contributed by atoms with Crippen molar-refractivity contribution in [3.8, 4) is 0 Å². The van der Waals surface area contributed by atoms with Crippen molar-refractivity contribution in [2.75, 3.05) is 6.61 Å². The van der Waals surface area contributed by atoms with Gasteiger partial charge in [-0.15, -0.1) is 0 Å². The third-order valence-electron chi connectivity index (χ3n) is 4.40. The van der Waals surface area contributed by atoms with Crippen LogP contribution >= 0.6 is 0 Å². The van der Waals surface area contributed by atoms with Gasteiger partial charge in [0.25, 0.3) is 0 Å². The van der Waals surface area contributed by atoms with Gasteiger partial charge in [0.1, 0.15) is 0 Å². The summed E-state index contributed by atoms with van der Waals surface area (Å²) in [6, 6.07) is 0. The second-order valence-corrected chi connectivity index (χ2v) is 5.93. The zero-order valence-corrected chi connectivity index (χ0v) is 10.6. The van der Waals surface area contributed by atoms with E-state index in [4.69, 9.17) is 4.74 Å². The summed E-state index contributed by atoms with van der Waals surface area (Å²) in [7, 11) is 0. The fraction of sp³-hybridized carbons (Fsp3) is 1.00. The van der Waals surface area contributed by atoms with Crippen LogP contribution in [0.5, 0.6) is 0 Å². The first-order valence-electron chi connectivity index (χ1n) is 7.02. The van der Waals surface area contributed by atoms with E-state index in [-0.39, 0.29) is 5.60 Å². The number of rotatable bonds is 3. The maximum absolute atomic E-state index is 10.6. The quantitative estimate of drug-likeness (QED) is 0.748. The fourth-order valence-electron chi connectivity index (χ4n) is 3.12. The Hall–Kier alpha value is -0.0800. The molecule has 1 saturated carbocycles. The SMILES string of the molecule is CC1CCCC(O)(CCC2CCCO2)CC1. The molecule has 3 unspecified atom stereocenters. The Balaban J connectivity index is 1.77. The van der Waals surface area contributed by atoms with Crippen molar-refractivity contribution in [3.63, 3.8) is 0 Å². The molecule has 1 saturated heterocycles. The average molecular weight is 226 g/mol. The Bertz CT molecular complexity index is 211. The van der Waals surface area contributed by atoms with Crippen molar-refractivity contribution in [1.82, 2.24) is 0 Å². The fourth-order valence-corrected chi connectivity index (χ4v) is 3.12. The highest BCUT2D eigenvalue weighted by Gasteiger charge is 2.30. The lowest BCUT2D eigenvalue weighted by Gasteiger charge is -2.27. The predicted molar refractivity (Wildman–Crippen MR) is 65.4 cm³/mol. The molecule has 94 valence electrons. The van der Waals surface area contributed by atoms with Gasteiger partial charge in [-0.2, -0.15) is 0 Å². The molecule has 16 heavy (non-hydrogen) atoms. The summed E-state index contributed by atoms with van der Waals surface area (Å²) in [6.45, 7) is 3.24. The Kier molecular flexibility index (Phi) is 4.26. The van der Waals surface area contributed by atoms with Gasteiger partial charge in [0.05, 0.1) is 11.7 Å². The highest BCUT2D eigenvalue weighted by atomic mass is 16.5. The molecule has 2 aliphatic rings. The topological polar surface area (TPSA) is 29.5 Å². The van der Waals surface area contributed by atoms with E-state index in [0.717, 1.165) is 38.2 Å². The smallest absolute Gasteiger partial charge is 0.0648 e. The Morgan fingerprint density at radius 2 is 2.06 bits per heavy atom. The lowest BCUT2D eigenvalue weighted by molar-refractivity contribution is -0.00224. The van der Waals surface area contributed by atoms with Crippen molar-refractivity contribution >= 4 is 0 Å². The third-order valence-corrected chi connectivity index (χ3v) is 4.40. The molecule has 1 N–H and O–H groups in total. The van der Waals surface area contributed by atoms with Gasteiger partial charge >= 0.3 is 0 Å². The summed E-state index contributed by atoms with van der Waals surface area (Å²) in [5.41, 5.74) is -0.378. The van der Waals surface area contributed by atoms with Crippen LogP contribution in [0.1, 0.15) is 64.7 Å². The van der Waals surface area contributed by atoms with Crippen LogP contribution in [0.4, 0.5) is 0 Å². The van der Waals surface area contributed by atoms with Crippen LogP contribution in [0.2, 0.25) is 0 Å². The van der Waals surface area contributed by atoms with E-state index in [1.807, 2.05) is 0 Å². The molecule has 2 nitrogen and oxygen atoms in total. The van der Waals surface area contributed by atoms with Gasteiger partial charge in [0.15, 0.2) is 0 Å². The van der Waals surface area contributed by atoms with E-state index in [1.165, 1.54) is 32.1 Å². The molecule has 1 aliphatic carbocycles. The highest BCUT2D eigenvalue weighted by Crippen LogP contribution is 2.34. The second-order valence-electron chi connectivity index (χ2n) is 5.93. The third kappa shape index (κ3) is 3.46. The first kappa shape index (κ1) is 12.4. The van der Waals surface area contributed by atoms with Gasteiger partial charge in [-0.05, 0) is 50.9 Å². The molecule has 2 heteroatoms. The molecule has 3 atom stereocenters. The molecule has 1 heterocycles.